The van der Waals surface area contributed by atoms with E-state index in [9.17, 15) is 8.42 Å². The number of hydrogen-bond donors (Lipinski definition) is 0. The molecule has 0 spiro atoms. The first kappa shape index (κ1) is 13.4. The second kappa shape index (κ2) is 4.74. The molecule has 3 aromatic carbocycles. The summed E-state index contributed by atoms with van der Waals surface area (Å²) in [5, 5.41) is 3.54. The van der Waals surface area contributed by atoms with Gasteiger partial charge in [-0.15, -0.1) is 0 Å². The van der Waals surface area contributed by atoms with Gasteiger partial charge in [0.2, 0.25) is 0 Å². The predicted octanol–water partition coefficient (Wildman–Crippen LogP) is 3.98. The van der Waals surface area contributed by atoms with E-state index in [0.29, 0.717) is 5.39 Å². The van der Waals surface area contributed by atoms with Crippen molar-refractivity contribution in [3.05, 3.63) is 53.6 Å². The van der Waals surface area contributed by atoms with Gasteiger partial charge < -0.3 is 0 Å². The van der Waals surface area contributed by atoms with Crippen molar-refractivity contribution in [3.8, 4) is 0 Å². The molecule has 0 aliphatic heterocycles. The lowest BCUT2D eigenvalue weighted by molar-refractivity contribution is 0.398. The molecule has 0 aromatic heterocycles. The third kappa shape index (κ3) is 2.06. The maximum atomic E-state index is 12.1. The Morgan fingerprint density at radius 1 is 0.950 bits per heavy atom. The Labute approximate surface area is 121 Å². The summed E-state index contributed by atoms with van der Waals surface area (Å²) in [5.41, 5.74) is 0. The van der Waals surface area contributed by atoms with E-state index >= 15 is 0 Å². The number of rotatable bonds is 2. The fourth-order valence-corrected chi connectivity index (χ4v) is 3.67. The fourth-order valence-electron chi connectivity index (χ4n) is 2.30. The van der Waals surface area contributed by atoms with Gasteiger partial charge in [-0.25, -0.2) is 0 Å². The molecule has 3 rings (SSSR count). The summed E-state index contributed by atoms with van der Waals surface area (Å²) < 4.78 is 28.7. The lowest BCUT2D eigenvalue weighted by atomic mass is 10.0. The van der Waals surface area contributed by atoms with Crippen molar-refractivity contribution in [2.24, 2.45) is 0 Å². The van der Waals surface area contributed by atoms with E-state index in [2.05, 4.69) is 4.18 Å². The molecule has 5 heteroatoms. The van der Waals surface area contributed by atoms with Gasteiger partial charge in [-0.1, -0.05) is 41.9 Å². The molecule has 0 radical (unpaired) electrons. The summed E-state index contributed by atoms with van der Waals surface area (Å²) in [6.07, 6.45) is 0. The minimum absolute atomic E-state index is 0.0184. The zero-order valence-electron chi connectivity index (χ0n) is 10.6. The highest BCUT2D eigenvalue weighted by Gasteiger charge is 2.21. The van der Waals surface area contributed by atoms with Crippen LogP contribution in [0.4, 0.5) is 0 Å². The summed E-state index contributed by atoms with van der Waals surface area (Å²) in [5.74, 6) is 0. The molecule has 3 aromatic rings. The molecule has 0 amide bonds. The van der Waals surface area contributed by atoms with Crippen LogP contribution in [-0.4, -0.2) is 15.5 Å². The molecule has 102 valence electrons. The van der Waals surface area contributed by atoms with E-state index in [1.807, 2.05) is 36.4 Å². The monoisotopic (exact) mass is 306 g/mol. The average Bonchev–Trinajstić information content (AvgIpc) is 2.44. The van der Waals surface area contributed by atoms with Crippen LogP contribution in [0.15, 0.2) is 53.4 Å². The summed E-state index contributed by atoms with van der Waals surface area (Å²) in [4.78, 5) is 0.0184. The molecular formula is C15H11ClO3S. The Morgan fingerprint density at radius 2 is 1.60 bits per heavy atom. The van der Waals surface area contributed by atoms with Crippen LogP contribution in [-0.2, 0) is 14.3 Å². The summed E-state index contributed by atoms with van der Waals surface area (Å²) >= 11 is 6.06. The van der Waals surface area contributed by atoms with Crippen LogP contribution in [0.2, 0.25) is 5.02 Å². The maximum absolute atomic E-state index is 12.1. The largest absolute Gasteiger partial charge is 0.298 e. The molecule has 0 aliphatic rings. The van der Waals surface area contributed by atoms with Crippen molar-refractivity contribution in [2.45, 2.75) is 4.90 Å². The highest BCUT2D eigenvalue weighted by molar-refractivity contribution is 7.87. The van der Waals surface area contributed by atoms with Crippen LogP contribution in [0.5, 0.6) is 0 Å². The molecule has 0 bridgehead atoms. The quantitative estimate of drug-likeness (QED) is 0.531. The van der Waals surface area contributed by atoms with E-state index in [0.717, 1.165) is 23.3 Å². The highest BCUT2D eigenvalue weighted by atomic mass is 35.5. The van der Waals surface area contributed by atoms with Crippen molar-refractivity contribution < 1.29 is 12.6 Å². The highest BCUT2D eigenvalue weighted by Crippen LogP contribution is 2.33. The number of hydrogen-bond acceptors (Lipinski definition) is 3. The van der Waals surface area contributed by atoms with Crippen molar-refractivity contribution in [1.82, 2.24) is 0 Å². The van der Waals surface area contributed by atoms with E-state index in [-0.39, 0.29) is 9.92 Å². The number of fused-ring (bicyclic) bond motifs is 2. The smallest absolute Gasteiger partial charge is 0.270 e. The van der Waals surface area contributed by atoms with Crippen LogP contribution in [0.1, 0.15) is 0 Å². The number of halogens is 1. The minimum Gasteiger partial charge on any atom is -0.270 e. The average molecular weight is 307 g/mol. The van der Waals surface area contributed by atoms with E-state index in [4.69, 9.17) is 11.6 Å². The van der Waals surface area contributed by atoms with Crippen molar-refractivity contribution in [3.63, 3.8) is 0 Å². The van der Waals surface area contributed by atoms with Crippen LogP contribution < -0.4 is 0 Å². The molecule has 0 atom stereocenters. The zero-order valence-corrected chi connectivity index (χ0v) is 12.2. The fraction of sp³-hybridized carbons (Fsp3) is 0.0667. The lowest BCUT2D eigenvalue weighted by Crippen LogP contribution is -2.04. The van der Waals surface area contributed by atoms with Crippen LogP contribution in [0, 0.1) is 0 Å². The van der Waals surface area contributed by atoms with E-state index < -0.39 is 10.1 Å². The second-order valence-electron chi connectivity index (χ2n) is 4.42. The molecule has 0 saturated carbocycles. The standard InChI is InChI=1S/C15H11ClO3S/c1-19-20(17,18)15-13-9-11-5-3-2-4-10(11)8-12(13)6-7-14(15)16/h2-9H,1H3. The normalized spacial score (nSPS) is 12.1. The Balaban J connectivity index is 2.50. The summed E-state index contributed by atoms with van der Waals surface area (Å²) in [6.45, 7) is 0. The molecule has 0 fully saturated rings. The lowest BCUT2D eigenvalue weighted by Gasteiger charge is -2.10. The third-order valence-corrected chi connectivity index (χ3v) is 5.06. The van der Waals surface area contributed by atoms with Gasteiger partial charge in [-0.3, -0.25) is 4.18 Å². The van der Waals surface area contributed by atoms with Crippen molar-refractivity contribution in [1.29, 1.82) is 0 Å². The SMILES string of the molecule is COS(=O)(=O)c1c(Cl)ccc2cc3ccccc3cc12. The van der Waals surface area contributed by atoms with Gasteiger partial charge in [0.25, 0.3) is 10.1 Å². The molecule has 3 nitrogen and oxygen atoms in total. The topological polar surface area (TPSA) is 43.4 Å². The first-order valence-electron chi connectivity index (χ1n) is 5.94. The Bertz CT molecular complexity index is 917. The van der Waals surface area contributed by atoms with Gasteiger partial charge in [0.1, 0.15) is 4.90 Å². The molecule has 0 heterocycles. The van der Waals surface area contributed by atoms with Gasteiger partial charge in [0.15, 0.2) is 0 Å². The molecule has 0 unspecified atom stereocenters. The first-order valence-corrected chi connectivity index (χ1v) is 7.73. The minimum atomic E-state index is -3.86. The third-order valence-electron chi connectivity index (χ3n) is 3.26. The van der Waals surface area contributed by atoms with Gasteiger partial charge in [0, 0.05) is 5.39 Å². The molecule has 0 aliphatic carbocycles. The van der Waals surface area contributed by atoms with E-state index in [1.54, 1.807) is 12.1 Å². The van der Waals surface area contributed by atoms with Gasteiger partial charge in [-0.05, 0) is 34.4 Å². The summed E-state index contributed by atoms with van der Waals surface area (Å²) in [6, 6.07) is 14.9. The number of benzene rings is 3. The van der Waals surface area contributed by atoms with Gasteiger partial charge in [0.05, 0.1) is 12.1 Å². The second-order valence-corrected chi connectivity index (χ2v) is 6.47. The van der Waals surface area contributed by atoms with Crippen molar-refractivity contribution >= 4 is 43.3 Å². The molecule has 0 saturated heterocycles. The van der Waals surface area contributed by atoms with Crippen LogP contribution in [0.25, 0.3) is 21.5 Å². The predicted molar refractivity (Wildman–Crippen MR) is 80.7 cm³/mol. The summed E-state index contributed by atoms with van der Waals surface area (Å²) in [7, 11) is -2.73. The van der Waals surface area contributed by atoms with Crippen LogP contribution in [0.3, 0.4) is 0 Å². The molecule has 20 heavy (non-hydrogen) atoms. The molecule has 0 N–H and O–H groups in total. The van der Waals surface area contributed by atoms with Gasteiger partial charge >= 0.3 is 0 Å². The van der Waals surface area contributed by atoms with Crippen molar-refractivity contribution in [2.75, 3.05) is 7.11 Å². The Hall–Kier alpha value is -1.62. The van der Waals surface area contributed by atoms with E-state index in [1.165, 1.54) is 0 Å². The first-order chi connectivity index (χ1) is 9.53. The Morgan fingerprint density at radius 3 is 2.25 bits per heavy atom. The maximum Gasteiger partial charge on any atom is 0.298 e. The molecular weight excluding hydrogens is 296 g/mol. The zero-order chi connectivity index (χ0) is 14.3. The van der Waals surface area contributed by atoms with Crippen LogP contribution >= 0.6 is 11.6 Å². The Kier molecular flexibility index (Phi) is 3.17. The van der Waals surface area contributed by atoms with Gasteiger partial charge in [-0.2, -0.15) is 8.42 Å².